The van der Waals surface area contributed by atoms with E-state index in [2.05, 4.69) is 10.0 Å². The molecule has 2 heterocycles. The lowest BCUT2D eigenvalue weighted by Gasteiger charge is -2.34. The number of carbonyl (C=O) groups excluding carboxylic acids is 1. The highest BCUT2D eigenvalue weighted by atomic mass is 32.2. The Labute approximate surface area is 130 Å². The molecule has 2 N–H and O–H groups in total. The van der Waals surface area contributed by atoms with Crippen LogP contribution < -0.4 is 10.0 Å². The van der Waals surface area contributed by atoms with E-state index in [1.54, 1.807) is 4.90 Å². The van der Waals surface area contributed by atoms with E-state index < -0.39 is 10.0 Å². The first-order valence-electron chi connectivity index (χ1n) is 7.53. The number of anilines is 1. The van der Waals surface area contributed by atoms with Crippen LogP contribution in [0.4, 0.5) is 5.69 Å². The summed E-state index contributed by atoms with van der Waals surface area (Å²) in [5.41, 5.74) is 2.17. The first kappa shape index (κ1) is 15.3. The molecule has 2 atom stereocenters. The first-order valence-corrected chi connectivity index (χ1v) is 9.42. The molecule has 6 nitrogen and oxygen atoms in total. The van der Waals surface area contributed by atoms with E-state index in [1.807, 2.05) is 24.3 Å². The van der Waals surface area contributed by atoms with Gasteiger partial charge in [0.25, 0.3) is 0 Å². The summed E-state index contributed by atoms with van der Waals surface area (Å²) in [6.45, 7) is 1.13. The topological polar surface area (TPSA) is 78.5 Å². The molecule has 0 bridgehead atoms. The maximum atomic E-state index is 12.7. The zero-order chi connectivity index (χ0) is 15.7. The summed E-state index contributed by atoms with van der Waals surface area (Å²) in [4.78, 5) is 14.4. The number of carbonyl (C=O) groups is 1. The van der Waals surface area contributed by atoms with Gasteiger partial charge in [0.2, 0.25) is 15.9 Å². The highest BCUT2D eigenvalue weighted by molar-refractivity contribution is 7.88. The van der Waals surface area contributed by atoms with Crippen molar-refractivity contribution in [2.45, 2.75) is 31.3 Å². The number of rotatable bonds is 3. The van der Waals surface area contributed by atoms with Crippen molar-refractivity contribution in [2.24, 2.45) is 0 Å². The molecular formula is C15H21N3O3S. The summed E-state index contributed by atoms with van der Waals surface area (Å²) >= 11 is 0. The van der Waals surface area contributed by atoms with Gasteiger partial charge in [-0.3, -0.25) is 4.79 Å². The number of amides is 1. The van der Waals surface area contributed by atoms with Crippen molar-refractivity contribution in [3.05, 3.63) is 29.8 Å². The average molecular weight is 323 g/mol. The quantitative estimate of drug-likeness (QED) is 0.852. The molecule has 7 heteroatoms. The number of hydrogen-bond acceptors (Lipinski definition) is 4. The Bertz CT molecular complexity index is 649. The van der Waals surface area contributed by atoms with Crippen LogP contribution in [0.25, 0.3) is 0 Å². The molecule has 1 amide bonds. The maximum Gasteiger partial charge on any atom is 0.245 e. The summed E-state index contributed by atoms with van der Waals surface area (Å²) in [5, 5.41) is 3.26. The van der Waals surface area contributed by atoms with Crippen LogP contribution in [0, 0.1) is 0 Å². The van der Waals surface area contributed by atoms with Gasteiger partial charge in [-0.05, 0) is 24.5 Å². The van der Waals surface area contributed by atoms with Gasteiger partial charge in [0.15, 0.2) is 0 Å². The fourth-order valence-corrected chi connectivity index (χ4v) is 4.04. The number of fused-ring (bicyclic) bond motifs is 1. The van der Waals surface area contributed by atoms with E-state index in [-0.39, 0.29) is 18.0 Å². The maximum absolute atomic E-state index is 12.7. The molecule has 2 aliphatic rings. The van der Waals surface area contributed by atoms with E-state index in [1.165, 1.54) is 0 Å². The van der Waals surface area contributed by atoms with Crippen LogP contribution in [-0.4, -0.2) is 50.7 Å². The Kier molecular flexibility index (Phi) is 4.10. The van der Waals surface area contributed by atoms with E-state index in [4.69, 9.17) is 0 Å². The standard InChI is InChI=1S/C15H21N3O3S/c1-22(20,21)17-12-6-4-8-18(10-12)15(19)14-9-11-5-2-3-7-13(11)16-14/h2-3,5,7,12,14,16-17H,4,6,8-10H2,1H3/t12-,14-/m1/s1. The number of para-hydroxylation sites is 1. The zero-order valence-corrected chi connectivity index (χ0v) is 13.4. The van der Waals surface area contributed by atoms with Crippen LogP contribution in [0.2, 0.25) is 0 Å². The van der Waals surface area contributed by atoms with E-state index in [0.29, 0.717) is 19.5 Å². The Morgan fingerprint density at radius 1 is 1.36 bits per heavy atom. The number of sulfonamides is 1. The molecule has 0 spiro atoms. The summed E-state index contributed by atoms with van der Waals surface area (Å²) in [7, 11) is -3.24. The van der Waals surface area contributed by atoms with E-state index >= 15 is 0 Å². The number of likely N-dealkylation sites (tertiary alicyclic amines) is 1. The molecule has 0 unspecified atom stereocenters. The van der Waals surface area contributed by atoms with Crippen LogP contribution in [0.3, 0.4) is 0 Å². The zero-order valence-electron chi connectivity index (χ0n) is 12.6. The highest BCUT2D eigenvalue weighted by Gasteiger charge is 2.33. The summed E-state index contributed by atoms with van der Waals surface area (Å²) in [6.07, 6.45) is 3.44. The minimum atomic E-state index is -3.24. The second-order valence-electron chi connectivity index (χ2n) is 6.07. The lowest BCUT2D eigenvalue weighted by molar-refractivity contribution is -0.133. The number of hydrogen-bond donors (Lipinski definition) is 2. The predicted octanol–water partition coefficient (Wildman–Crippen LogP) is 0.563. The number of nitrogens with zero attached hydrogens (tertiary/aromatic N) is 1. The number of piperidine rings is 1. The molecule has 2 aliphatic heterocycles. The van der Waals surface area contributed by atoms with Crippen LogP contribution in [0.15, 0.2) is 24.3 Å². The minimum absolute atomic E-state index is 0.0520. The van der Waals surface area contributed by atoms with Gasteiger partial charge in [0.1, 0.15) is 6.04 Å². The second-order valence-corrected chi connectivity index (χ2v) is 7.85. The SMILES string of the molecule is CS(=O)(=O)N[C@@H]1CCCN(C(=O)[C@H]2Cc3ccccc3N2)C1. The molecule has 1 fully saturated rings. The van der Waals surface area contributed by atoms with Gasteiger partial charge in [-0.2, -0.15) is 0 Å². The van der Waals surface area contributed by atoms with E-state index in [0.717, 1.165) is 30.3 Å². The Morgan fingerprint density at radius 3 is 2.86 bits per heavy atom. The van der Waals surface area contributed by atoms with Crippen molar-refractivity contribution in [2.75, 3.05) is 24.7 Å². The van der Waals surface area contributed by atoms with Crippen molar-refractivity contribution in [3.8, 4) is 0 Å². The molecule has 120 valence electrons. The van der Waals surface area contributed by atoms with Crippen molar-refractivity contribution in [1.82, 2.24) is 9.62 Å². The summed E-state index contributed by atoms with van der Waals surface area (Å²) in [5.74, 6) is 0.0520. The van der Waals surface area contributed by atoms with Gasteiger partial charge in [0, 0.05) is 31.2 Å². The lowest BCUT2D eigenvalue weighted by Crippen LogP contribution is -2.52. The van der Waals surface area contributed by atoms with E-state index in [9.17, 15) is 13.2 Å². The van der Waals surface area contributed by atoms with Crippen molar-refractivity contribution < 1.29 is 13.2 Å². The van der Waals surface area contributed by atoms with Crippen molar-refractivity contribution in [1.29, 1.82) is 0 Å². The third kappa shape index (κ3) is 3.41. The molecule has 1 aromatic rings. The van der Waals surface area contributed by atoms with Gasteiger partial charge >= 0.3 is 0 Å². The summed E-state index contributed by atoms with van der Waals surface area (Å²) < 4.78 is 25.3. The Morgan fingerprint density at radius 2 is 2.14 bits per heavy atom. The number of nitrogens with one attached hydrogen (secondary N) is 2. The Balaban J connectivity index is 1.63. The third-order valence-electron chi connectivity index (χ3n) is 4.18. The predicted molar refractivity (Wildman–Crippen MR) is 85.1 cm³/mol. The molecule has 0 saturated carbocycles. The molecule has 0 aliphatic carbocycles. The minimum Gasteiger partial charge on any atom is -0.373 e. The first-order chi connectivity index (χ1) is 10.4. The molecular weight excluding hydrogens is 302 g/mol. The van der Waals surface area contributed by atoms with Gasteiger partial charge in [0.05, 0.1) is 6.26 Å². The molecule has 3 rings (SSSR count). The lowest BCUT2D eigenvalue weighted by atomic mass is 10.0. The summed E-state index contributed by atoms with van der Waals surface area (Å²) in [6, 6.07) is 7.50. The monoisotopic (exact) mass is 323 g/mol. The number of benzene rings is 1. The molecule has 0 radical (unpaired) electrons. The van der Waals surface area contributed by atoms with Gasteiger partial charge in [-0.25, -0.2) is 13.1 Å². The van der Waals surface area contributed by atoms with Crippen LogP contribution >= 0.6 is 0 Å². The highest BCUT2D eigenvalue weighted by Crippen LogP contribution is 2.26. The van der Waals surface area contributed by atoms with Crippen LogP contribution in [0.1, 0.15) is 18.4 Å². The average Bonchev–Trinajstić information content (AvgIpc) is 2.88. The van der Waals surface area contributed by atoms with Gasteiger partial charge in [-0.15, -0.1) is 0 Å². The smallest absolute Gasteiger partial charge is 0.245 e. The third-order valence-corrected chi connectivity index (χ3v) is 4.94. The van der Waals surface area contributed by atoms with Gasteiger partial charge in [-0.1, -0.05) is 18.2 Å². The van der Waals surface area contributed by atoms with Crippen molar-refractivity contribution in [3.63, 3.8) is 0 Å². The fraction of sp³-hybridized carbons (Fsp3) is 0.533. The largest absolute Gasteiger partial charge is 0.373 e. The normalized spacial score (nSPS) is 24.7. The molecule has 22 heavy (non-hydrogen) atoms. The molecule has 0 aromatic heterocycles. The molecule has 1 saturated heterocycles. The van der Waals surface area contributed by atoms with Gasteiger partial charge < -0.3 is 10.2 Å². The van der Waals surface area contributed by atoms with Crippen LogP contribution in [-0.2, 0) is 21.2 Å². The van der Waals surface area contributed by atoms with Crippen LogP contribution in [0.5, 0.6) is 0 Å². The molecule has 1 aromatic carbocycles. The fourth-order valence-electron chi connectivity index (χ4n) is 3.24. The second kappa shape index (κ2) is 5.89. The van der Waals surface area contributed by atoms with Crippen molar-refractivity contribution >= 4 is 21.6 Å². The Hall–Kier alpha value is -1.60.